The number of hydrogen-bond donors (Lipinski definition) is 0. The van der Waals surface area contributed by atoms with Crippen molar-refractivity contribution in [3.8, 4) is 5.75 Å². The molecule has 3 aromatic rings. The Kier molecular flexibility index (Phi) is 3.98. The maximum Gasteiger partial charge on any atom is 0.339 e. The molecule has 2 aromatic carbocycles. The van der Waals surface area contributed by atoms with Crippen LogP contribution in [0.4, 0.5) is 0 Å². The summed E-state index contributed by atoms with van der Waals surface area (Å²) in [6, 6.07) is 14.7. The SMILES string of the molecule is CC(=O)Oc1ccc(C)cc1Cc1cc2ccccc2oc1=O. The van der Waals surface area contributed by atoms with Gasteiger partial charge in [-0.2, -0.15) is 0 Å². The third-order valence-corrected chi connectivity index (χ3v) is 3.56. The first-order valence-electron chi connectivity index (χ1n) is 7.32. The van der Waals surface area contributed by atoms with Gasteiger partial charge in [-0.05, 0) is 30.7 Å². The maximum absolute atomic E-state index is 12.2. The number of esters is 1. The molecule has 4 nitrogen and oxygen atoms in total. The lowest BCUT2D eigenvalue weighted by Gasteiger charge is -2.10. The molecular formula is C19H16O4. The van der Waals surface area contributed by atoms with Crippen LogP contribution in [0, 0.1) is 6.92 Å². The second-order valence-corrected chi connectivity index (χ2v) is 5.48. The third-order valence-electron chi connectivity index (χ3n) is 3.56. The van der Waals surface area contributed by atoms with Gasteiger partial charge >= 0.3 is 11.6 Å². The molecule has 1 aromatic heterocycles. The van der Waals surface area contributed by atoms with Crippen LogP contribution in [0.2, 0.25) is 0 Å². The highest BCUT2D eigenvalue weighted by atomic mass is 16.5. The van der Waals surface area contributed by atoms with Crippen LogP contribution in [0.25, 0.3) is 11.0 Å². The number of rotatable bonds is 3. The lowest BCUT2D eigenvalue weighted by molar-refractivity contribution is -0.131. The average Bonchev–Trinajstić information content (AvgIpc) is 2.50. The summed E-state index contributed by atoms with van der Waals surface area (Å²) in [6.45, 7) is 3.30. The van der Waals surface area contributed by atoms with Crippen LogP contribution >= 0.6 is 0 Å². The fourth-order valence-electron chi connectivity index (χ4n) is 2.53. The standard InChI is InChI=1S/C19H16O4/c1-12-7-8-18(22-13(2)20)15(9-12)11-16-10-14-5-3-4-6-17(14)23-19(16)21/h3-10H,11H2,1-2H3. The molecule has 0 amide bonds. The summed E-state index contributed by atoms with van der Waals surface area (Å²) in [4.78, 5) is 23.4. The Hall–Kier alpha value is -2.88. The summed E-state index contributed by atoms with van der Waals surface area (Å²) in [7, 11) is 0. The number of aryl methyl sites for hydroxylation is 1. The summed E-state index contributed by atoms with van der Waals surface area (Å²) >= 11 is 0. The lowest BCUT2D eigenvalue weighted by Crippen LogP contribution is -2.10. The number of benzene rings is 2. The van der Waals surface area contributed by atoms with Crippen molar-refractivity contribution >= 4 is 16.9 Å². The van der Waals surface area contributed by atoms with Crippen LogP contribution in [-0.2, 0) is 11.2 Å². The van der Waals surface area contributed by atoms with Crippen LogP contribution in [0.15, 0.2) is 57.7 Å². The normalized spacial score (nSPS) is 10.7. The fraction of sp³-hybridized carbons (Fsp3) is 0.158. The molecule has 0 bridgehead atoms. The van der Waals surface area contributed by atoms with Gasteiger partial charge in [0.05, 0.1) is 0 Å². The Balaban J connectivity index is 2.05. The van der Waals surface area contributed by atoms with E-state index in [-0.39, 0.29) is 11.6 Å². The van der Waals surface area contributed by atoms with Crippen molar-refractivity contribution < 1.29 is 13.9 Å². The van der Waals surface area contributed by atoms with E-state index in [1.54, 1.807) is 12.1 Å². The van der Waals surface area contributed by atoms with E-state index in [4.69, 9.17) is 9.15 Å². The Morgan fingerprint density at radius 2 is 1.87 bits per heavy atom. The molecule has 0 N–H and O–H groups in total. The number of carbonyl (C=O) groups excluding carboxylic acids is 1. The highest BCUT2D eigenvalue weighted by molar-refractivity contribution is 5.76. The van der Waals surface area contributed by atoms with Crippen molar-refractivity contribution in [2.45, 2.75) is 20.3 Å². The molecule has 0 saturated heterocycles. The van der Waals surface area contributed by atoms with Crippen LogP contribution in [0.5, 0.6) is 5.75 Å². The van der Waals surface area contributed by atoms with Gasteiger partial charge in [0.15, 0.2) is 0 Å². The van der Waals surface area contributed by atoms with Gasteiger partial charge in [-0.15, -0.1) is 0 Å². The molecule has 1 heterocycles. The minimum atomic E-state index is -0.388. The minimum absolute atomic E-state index is 0.345. The number of para-hydroxylation sites is 1. The Morgan fingerprint density at radius 1 is 1.09 bits per heavy atom. The second-order valence-electron chi connectivity index (χ2n) is 5.48. The van der Waals surface area contributed by atoms with Gasteiger partial charge < -0.3 is 9.15 Å². The summed E-state index contributed by atoms with van der Waals surface area (Å²) in [5.41, 5.74) is 2.52. The van der Waals surface area contributed by atoms with E-state index in [2.05, 4.69) is 0 Å². The van der Waals surface area contributed by atoms with Crippen molar-refractivity contribution in [2.75, 3.05) is 0 Å². The first-order valence-corrected chi connectivity index (χ1v) is 7.32. The van der Waals surface area contributed by atoms with Gasteiger partial charge in [0.2, 0.25) is 0 Å². The molecule has 0 radical (unpaired) electrons. The van der Waals surface area contributed by atoms with E-state index in [9.17, 15) is 9.59 Å². The fourth-order valence-corrected chi connectivity index (χ4v) is 2.53. The highest BCUT2D eigenvalue weighted by Gasteiger charge is 2.11. The van der Waals surface area contributed by atoms with E-state index in [0.29, 0.717) is 23.3 Å². The summed E-state index contributed by atoms with van der Waals surface area (Å²) in [6.07, 6.45) is 0.345. The van der Waals surface area contributed by atoms with Gasteiger partial charge in [0.25, 0.3) is 0 Å². The van der Waals surface area contributed by atoms with Gasteiger partial charge in [-0.25, -0.2) is 4.79 Å². The Labute approximate surface area is 133 Å². The Morgan fingerprint density at radius 3 is 2.65 bits per heavy atom. The molecule has 0 atom stereocenters. The van der Waals surface area contributed by atoms with Gasteiger partial charge in [-0.3, -0.25) is 4.79 Å². The Bertz CT molecular complexity index is 937. The molecular weight excluding hydrogens is 292 g/mol. The molecule has 0 saturated carbocycles. The average molecular weight is 308 g/mol. The summed E-state index contributed by atoms with van der Waals surface area (Å²) in [5, 5.41) is 0.865. The zero-order valence-electron chi connectivity index (χ0n) is 13.0. The molecule has 0 unspecified atom stereocenters. The van der Waals surface area contributed by atoms with Crippen molar-refractivity contribution in [3.63, 3.8) is 0 Å². The molecule has 0 aliphatic carbocycles. The monoisotopic (exact) mass is 308 g/mol. The van der Waals surface area contributed by atoms with Gasteiger partial charge in [-0.1, -0.05) is 35.9 Å². The van der Waals surface area contributed by atoms with Crippen LogP contribution in [-0.4, -0.2) is 5.97 Å². The van der Waals surface area contributed by atoms with Crippen molar-refractivity contribution in [2.24, 2.45) is 0 Å². The number of fused-ring (bicyclic) bond motifs is 1. The van der Waals surface area contributed by atoms with Crippen LogP contribution < -0.4 is 10.4 Å². The molecule has 0 fully saturated rings. The topological polar surface area (TPSA) is 56.5 Å². The predicted octanol–water partition coefficient (Wildman–Crippen LogP) is 3.62. The summed E-state index contributed by atoms with van der Waals surface area (Å²) < 4.78 is 10.6. The van der Waals surface area contributed by atoms with Crippen LogP contribution in [0.3, 0.4) is 0 Å². The van der Waals surface area contributed by atoms with Crippen LogP contribution in [0.1, 0.15) is 23.6 Å². The summed E-state index contributed by atoms with van der Waals surface area (Å²) in [5.74, 6) is 0.0799. The first kappa shape index (κ1) is 15.0. The van der Waals surface area contributed by atoms with Gasteiger partial charge in [0, 0.05) is 24.3 Å². The molecule has 23 heavy (non-hydrogen) atoms. The first-order chi connectivity index (χ1) is 11.0. The van der Waals surface area contributed by atoms with Gasteiger partial charge in [0.1, 0.15) is 11.3 Å². The third kappa shape index (κ3) is 3.31. The smallest absolute Gasteiger partial charge is 0.339 e. The molecule has 0 aliphatic heterocycles. The van der Waals surface area contributed by atoms with E-state index < -0.39 is 0 Å². The number of hydrogen-bond acceptors (Lipinski definition) is 4. The van der Waals surface area contributed by atoms with E-state index >= 15 is 0 Å². The zero-order chi connectivity index (χ0) is 16.4. The number of carbonyl (C=O) groups is 1. The minimum Gasteiger partial charge on any atom is -0.426 e. The number of ether oxygens (including phenoxy) is 1. The maximum atomic E-state index is 12.2. The van der Waals surface area contributed by atoms with Crippen molar-refractivity contribution in [1.82, 2.24) is 0 Å². The largest absolute Gasteiger partial charge is 0.426 e. The molecule has 0 spiro atoms. The molecule has 0 aliphatic rings. The second kappa shape index (κ2) is 6.08. The molecule has 4 heteroatoms. The quantitative estimate of drug-likeness (QED) is 0.421. The van der Waals surface area contributed by atoms with Crippen molar-refractivity contribution in [1.29, 1.82) is 0 Å². The van der Waals surface area contributed by atoms with Crippen molar-refractivity contribution in [3.05, 3.63) is 75.6 Å². The van der Waals surface area contributed by atoms with E-state index in [0.717, 1.165) is 16.5 Å². The van der Waals surface area contributed by atoms with E-state index in [1.807, 2.05) is 43.3 Å². The molecule has 3 rings (SSSR count). The zero-order valence-corrected chi connectivity index (χ0v) is 13.0. The molecule has 116 valence electrons. The highest BCUT2D eigenvalue weighted by Crippen LogP contribution is 2.23. The van der Waals surface area contributed by atoms with E-state index in [1.165, 1.54) is 6.92 Å². The lowest BCUT2D eigenvalue weighted by atomic mass is 10.0. The predicted molar refractivity (Wildman–Crippen MR) is 87.8 cm³/mol.